The van der Waals surface area contributed by atoms with E-state index in [9.17, 15) is 0 Å². The van der Waals surface area contributed by atoms with Crippen molar-refractivity contribution >= 4 is 5.69 Å². The van der Waals surface area contributed by atoms with Crippen LogP contribution in [0.25, 0.3) is 11.4 Å². The van der Waals surface area contributed by atoms with Crippen LogP contribution < -0.4 is 10.5 Å². The summed E-state index contributed by atoms with van der Waals surface area (Å²) in [5.74, 6) is 2.02. The van der Waals surface area contributed by atoms with E-state index in [1.54, 1.807) is 17.9 Å². The zero-order valence-corrected chi connectivity index (χ0v) is 11.5. The van der Waals surface area contributed by atoms with Crippen LogP contribution in [-0.2, 0) is 6.54 Å². The number of nitrogen functional groups attached to an aromatic ring is 1. The van der Waals surface area contributed by atoms with Crippen LogP contribution >= 0.6 is 0 Å². The van der Waals surface area contributed by atoms with E-state index >= 15 is 0 Å². The van der Waals surface area contributed by atoms with Gasteiger partial charge in [-0.3, -0.25) is 0 Å². The van der Waals surface area contributed by atoms with Gasteiger partial charge in [0.2, 0.25) is 0 Å². The molecular weight excluding hydrogens is 242 g/mol. The average Bonchev–Trinajstić information content (AvgIpc) is 2.83. The monoisotopic (exact) mass is 261 g/mol. The highest BCUT2D eigenvalue weighted by atomic mass is 16.5. The number of benzene rings is 1. The summed E-state index contributed by atoms with van der Waals surface area (Å²) in [4.78, 5) is 0. The number of tetrazole rings is 1. The second-order valence-electron chi connectivity index (χ2n) is 4.90. The fourth-order valence-corrected chi connectivity index (χ4v) is 1.81. The normalized spacial score (nSPS) is 10.9. The van der Waals surface area contributed by atoms with Crippen LogP contribution in [-0.4, -0.2) is 27.3 Å². The van der Waals surface area contributed by atoms with Gasteiger partial charge in [-0.25, -0.2) is 4.68 Å². The Morgan fingerprint density at radius 2 is 2.11 bits per heavy atom. The smallest absolute Gasteiger partial charge is 0.182 e. The number of aryl methyl sites for hydroxylation is 1. The van der Waals surface area contributed by atoms with Crippen molar-refractivity contribution in [1.82, 2.24) is 20.2 Å². The van der Waals surface area contributed by atoms with Crippen LogP contribution in [0.15, 0.2) is 18.2 Å². The lowest BCUT2D eigenvalue weighted by molar-refractivity contribution is 0.415. The Hall–Kier alpha value is -2.11. The molecule has 2 rings (SSSR count). The molecule has 1 heterocycles. The van der Waals surface area contributed by atoms with Crippen LogP contribution in [0, 0.1) is 5.92 Å². The average molecular weight is 261 g/mol. The number of rotatable bonds is 5. The SMILES string of the molecule is COc1cc(N)cc(-c2nnnn2CCC(C)C)c1. The van der Waals surface area contributed by atoms with E-state index < -0.39 is 0 Å². The van der Waals surface area contributed by atoms with E-state index in [4.69, 9.17) is 10.5 Å². The molecular formula is C13H19N5O. The number of anilines is 1. The van der Waals surface area contributed by atoms with Crippen LogP contribution in [0.5, 0.6) is 5.75 Å². The third-order valence-corrected chi connectivity index (χ3v) is 2.87. The molecule has 0 bridgehead atoms. The summed E-state index contributed by atoms with van der Waals surface area (Å²) in [6.45, 7) is 5.14. The van der Waals surface area contributed by atoms with Crippen LogP contribution in [0.4, 0.5) is 5.69 Å². The third kappa shape index (κ3) is 3.21. The van der Waals surface area contributed by atoms with Crippen molar-refractivity contribution in [3.63, 3.8) is 0 Å². The van der Waals surface area contributed by atoms with Crippen molar-refractivity contribution < 1.29 is 4.74 Å². The maximum atomic E-state index is 5.86. The molecule has 0 unspecified atom stereocenters. The van der Waals surface area contributed by atoms with E-state index in [-0.39, 0.29) is 0 Å². The van der Waals surface area contributed by atoms with Gasteiger partial charge in [0.1, 0.15) is 5.75 Å². The van der Waals surface area contributed by atoms with Gasteiger partial charge >= 0.3 is 0 Å². The Morgan fingerprint density at radius 1 is 1.32 bits per heavy atom. The molecule has 6 nitrogen and oxygen atoms in total. The topological polar surface area (TPSA) is 78.8 Å². The standard InChI is InChI=1S/C13H19N5O/c1-9(2)4-5-18-13(15-16-17-18)10-6-11(14)8-12(7-10)19-3/h6-9H,4-5,14H2,1-3H3. The molecule has 0 aliphatic rings. The summed E-state index contributed by atoms with van der Waals surface area (Å²) < 4.78 is 7.01. The summed E-state index contributed by atoms with van der Waals surface area (Å²) in [5, 5.41) is 11.8. The predicted octanol–water partition coefficient (Wildman–Crippen LogP) is 1.98. The molecule has 2 N–H and O–H groups in total. The van der Waals surface area contributed by atoms with Gasteiger partial charge in [0, 0.05) is 23.9 Å². The molecule has 0 amide bonds. The molecule has 6 heteroatoms. The maximum Gasteiger partial charge on any atom is 0.182 e. The first kappa shape index (κ1) is 13.3. The lowest BCUT2D eigenvalue weighted by Gasteiger charge is -2.08. The van der Waals surface area contributed by atoms with Crippen molar-refractivity contribution in [2.75, 3.05) is 12.8 Å². The van der Waals surface area contributed by atoms with Crippen LogP contribution in [0.1, 0.15) is 20.3 Å². The summed E-state index contributed by atoms with van der Waals surface area (Å²) in [7, 11) is 1.61. The molecule has 1 aromatic heterocycles. The van der Waals surface area contributed by atoms with E-state index in [1.165, 1.54) is 0 Å². The van der Waals surface area contributed by atoms with Gasteiger partial charge in [-0.1, -0.05) is 13.8 Å². The quantitative estimate of drug-likeness (QED) is 0.832. The summed E-state index contributed by atoms with van der Waals surface area (Å²) in [6, 6.07) is 5.50. The number of aromatic nitrogens is 4. The Balaban J connectivity index is 2.31. The van der Waals surface area contributed by atoms with Crippen molar-refractivity contribution in [2.24, 2.45) is 5.92 Å². The first-order valence-electron chi connectivity index (χ1n) is 6.31. The molecule has 1 aromatic carbocycles. The van der Waals surface area contributed by atoms with E-state index in [0.29, 0.717) is 23.2 Å². The molecule has 2 aromatic rings. The second kappa shape index (κ2) is 5.69. The van der Waals surface area contributed by atoms with Crippen LogP contribution in [0.2, 0.25) is 0 Å². The van der Waals surface area contributed by atoms with Crippen LogP contribution in [0.3, 0.4) is 0 Å². The number of ether oxygens (including phenoxy) is 1. The highest BCUT2D eigenvalue weighted by Gasteiger charge is 2.11. The molecule has 0 spiro atoms. The largest absolute Gasteiger partial charge is 0.497 e. The van der Waals surface area contributed by atoms with Gasteiger partial charge in [-0.05, 0) is 34.9 Å². The van der Waals surface area contributed by atoms with E-state index in [1.807, 2.05) is 12.1 Å². The fraction of sp³-hybridized carbons (Fsp3) is 0.462. The van der Waals surface area contributed by atoms with Crippen molar-refractivity contribution in [3.8, 4) is 17.1 Å². The minimum atomic E-state index is 0.604. The zero-order chi connectivity index (χ0) is 13.8. The first-order chi connectivity index (χ1) is 9.10. The number of hydrogen-bond acceptors (Lipinski definition) is 5. The molecule has 19 heavy (non-hydrogen) atoms. The first-order valence-corrected chi connectivity index (χ1v) is 6.31. The summed E-state index contributed by atoms with van der Waals surface area (Å²) in [6.07, 6.45) is 1.03. The maximum absolute atomic E-state index is 5.86. The Kier molecular flexibility index (Phi) is 3.99. The van der Waals surface area contributed by atoms with Gasteiger partial charge < -0.3 is 10.5 Å². The van der Waals surface area contributed by atoms with E-state index in [2.05, 4.69) is 29.4 Å². The summed E-state index contributed by atoms with van der Waals surface area (Å²) in [5.41, 5.74) is 7.35. The molecule has 0 fully saturated rings. The molecule has 0 aliphatic carbocycles. The lowest BCUT2D eigenvalue weighted by atomic mass is 10.1. The number of hydrogen-bond donors (Lipinski definition) is 1. The Bertz CT molecular complexity index is 550. The highest BCUT2D eigenvalue weighted by Crippen LogP contribution is 2.25. The minimum absolute atomic E-state index is 0.604. The van der Waals surface area contributed by atoms with Crippen molar-refractivity contribution in [3.05, 3.63) is 18.2 Å². The highest BCUT2D eigenvalue weighted by molar-refractivity contribution is 5.64. The van der Waals surface area contributed by atoms with Crippen molar-refractivity contribution in [1.29, 1.82) is 0 Å². The van der Waals surface area contributed by atoms with Gasteiger partial charge in [0.05, 0.1) is 7.11 Å². The third-order valence-electron chi connectivity index (χ3n) is 2.87. The Morgan fingerprint density at radius 3 is 2.79 bits per heavy atom. The lowest BCUT2D eigenvalue weighted by Crippen LogP contribution is -2.06. The van der Waals surface area contributed by atoms with E-state index in [0.717, 1.165) is 18.5 Å². The zero-order valence-electron chi connectivity index (χ0n) is 11.5. The Labute approximate surface area is 112 Å². The van der Waals surface area contributed by atoms with Gasteiger partial charge in [0.15, 0.2) is 5.82 Å². The number of nitrogens with zero attached hydrogens (tertiary/aromatic N) is 4. The van der Waals surface area contributed by atoms with Crippen molar-refractivity contribution in [2.45, 2.75) is 26.8 Å². The molecule has 0 saturated heterocycles. The number of nitrogens with two attached hydrogens (primary N) is 1. The molecule has 0 radical (unpaired) electrons. The van der Waals surface area contributed by atoms with Gasteiger partial charge in [-0.15, -0.1) is 5.10 Å². The van der Waals surface area contributed by atoms with Gasteiger partial charge in [-0.2, -0.15) is 0 Å². The molecule has 0 saturated carbocycles. The minimum Gasteiger partial charge on any atom is -0.497 e. The molecule has 0 atom stereocenters. The summed E-state index contributed by atoms with van der Waals surface area (Å²) >= 11 is 0. The fourth-order valence-electron chi connectivity index (χ4n) is 1.81. The second-order valence-corrected chi connectivity index (χ2v) is 4.90. The number of methoxy groups -OCH3 is 1. The predicted molar refractivity (Wildman–Crippen MR) is 73.7 cm³/mol. The molecule has 102 valence electrons. The molecule has 0 aliphatic heterocycles. The van der Waals surface area contributed by atoms with Gasteiger partial charge in [0.25, 0.3) is 0 Å².